The molecule has 2 aliphatic rings. The Morgan fingerprint density at radius 1 is 1.12 bits per heavy atom. The van der Waals surface area contributed by atoms with Crippen molar-refractivity contribution in [2.45, 2.75) is 63.4 Å². The van der Waals surface area contributed by atoms with Gasteiger partial charge in [-0.2, -0.15) is 0 Å². The fourth-order valence-corrected chi connectivity index (χ4v) is 4.23. The molecule has 32 heavy (non-hydrogen) atoms. The van der Waals surface area contributed by atoms with E-state index in [2.05, 4.69) is 4.99 Å². The van der Waals surface area contributed by atoms with Crippen LogP contribution in [0.4, 0.5) is 4.39 Å². The van der Waals surface area contributed by atoms with Crippen molar-refractivity contribution in [2.75, 3.05) is 6.61 Å². The highest BCUT2D eigenvalue weighted by molar-refractivity contribution is 5.76. The highest BCUT2D eigenvalue weighted by Gasteiger charge is 2.59. The predicted octanol–water partition coefficient (Wildman–Crippen LogP) is 2.29. The maximum absolute atomic E-state index is 14.7. The molecule has 0 aliphatic carbocycles. The Balaban J connectivity index is 1.67. The number of rotatable bonds is 6. The van der Waals surface area contributed by atoms with Crippen LogP contribution in [0.25, 0.3) is 0 Å². The van der Waals surface area contributed by atoms with Crippen LogP contribution in [0, 0.1) is 5.82 Å². The molecular formula is C24H28FNO6. The third-order valence-corrected chi connectivity index (χ3v) is 5.71. The zero-order chi connectivity index (χ0) is 23.0. The van der Waals surface area contributed by atoms with E-state index in [4.69, 9.17) is 14.2 Å². The molecule has 172 valence electrons. The second kappa shape index (κ2) is 8.78. The number of ether oxygens (including phenoxy) is 3. The first-order valence-corrected chi connectivity index (χ1v) is 10.7. The van der Waals surface area contributed by atoms with Crippen LogP contribution in [-0.4, -0.2) is 58.3 Å². The molecule has 8 heteroatoms. The van der Waals surface area contributed by atoms with Crippen LogP contribution < -0.4 is 4.74 Å². The third-order valence-electron chi connectivity index (χ3n) is 5.71. The third kappa shape index (κ3) is 4.11. The van der Waals surface area contributed by atoms with Crippen molar-refractivity contribution in [1.29, 1.82) is 0 Å². The van der Waals surface area contributed by atoms with Crippen LogP contribution in [0.2, 0.25) is 0 Å². The van der Waals surface area contributed by atoms with Gasteiger partial charge in [0.05, 0.1) is 12.7 Å². The summed E-state index contributed by atoms with van der Waals surface area (Å²) < 4.78 is 32.0. The maximum Gasteiger partial charge on any atom is 0.228 e. The zero-order valence-electron chi connectivity index (χ0n) is 18.2. The molecule has 1 fully saturated rings. The van der Waals surface area contributed by atoms with E-state index in [0.717, 1.165) is 11.3 Å². The normalized spacial score (nSPS) is 29.4. The minimum absolute atomic E-state index is 0.0620. The number of hydrogen-bond donors (Lipinski definition) is 3. The van der Waals surface area contributed by atoms with Crippen LogP contribution in [-0.2, 0) is 21.6 Å². The Kier molecular flexibility index (Phi) is 6.22. The summed E-state index contributed by atoms with van der Waals surface area (Å²) in [6.07, 6.45) is -4.39. The lowest BCUT2D eigenvalue weighted by molar-refractivity contribution is -0.262. The highest BCUT2D eigenvalue weighted by atomic mass is 19.1. The lowest BCUT2D eigenvalue weighted by atomic mass is 9.85. The first-order chi connectivity index (χ1) is 15.2. The number of aliphatic imine (C=N–C) groups is 1. The molecule has 2 aromatic rings. The molecule has 1 saturated heterocycles. The smallest absolute Gasteiger partial charge is 0.228 e. The Morgan fingerprint density at radius 3 is 2.50 bits per heavy atom. The molecule has 3 N–H and O–H groups in total. The summed E-state index contributed by atoms with van der Waals surface area (Å²) in [6, 6.07) is 11.9. The largest absolute Gasteiger partial charge is 0.491 e. The van der Waals surface area contributed by atoms with E-state index in [0.29, 0.717) is 17.5 Å². The number of aliphatic hydroxyl groups excluding tert-OH is 3. The van der Waals surface area contributed by atoms with E-state index in [-0.39, 0.29) is 17.8 Å². The van der Waals surface area contributed by atoms with E-state index >= 15 is 0 Å². The van der Waals surface area contributed by atoms with Crippen LogP contribution in [0.15, 0.2) is 47.5 Å². The van der Waals surface area contributed by atoms with Crippen molar-refractivity contribution in [3.8, 4) is 5.75 Å². The van der Waals surface area contributed by atoms with E-state index in [1.165, 1.54) is 12.1 Å². The quantitative estimate of drug-likeness (QED) is 0.631. The number of fused-ring (bicyclic) bond motifs is 1. The van der Waals surface area contributed by atoms with Gasteiger partial charge in [0.2, 0.25) is 5.72 Å². The molecule has 4 rings (SSSR count). The van der Waals surface area contributed by atoms with Gasteiger partial charge >= 0.3 is 0 Å². The molecule has 2 heterocycles. The molecule has 0 radical (unpaired) electrons. The van der Waals surface area contributed by atoms with Crippen LogP contribution in [0.1, 0.15) is 37.5 Å². The standard InChI is InChI=1S/C24H28FNO6/c1-13(2)30-18-7-4-15(5-8-18)10-16-11-17(6-9-19(16)25)24-23(31-14(3)26-24)22(29)21(28)20(12-27)32-24/h4-9,11,13,20-23,27-29H,10,12H2,1-3H3/t20-,21-,22+,23?,24?/m1/s1. The molecule has 0 saturated carbocycles. The summed E-state index contributed by atoms with van der Waals surface area (Å²) in [7, 11) is 0. The monoisotopic (exact) mass is 445 g/mol. The number of benzene rings is 2. The Morgan fingerprint density at radius 2 is 1.84 bits per heavy atom. The summed E-state index contributed by atoms with van der Waals surface area (Å²) in [5.41, 5.74) is 0.285. The molecule has 0 aromatic heterocycles. The molecule has 2 unspecified atom stereocenters. The minimum atomic E-state index is -1.49. The van der Waals surface area contributed by atoms with Gasteiger partial charge in [-0.25, -0.2) is 9.38 Å². The lowest BCUT2D eigenvalue weighted by Gasteiger charge is -2.44. The van der Waals surface area contributed by atoms with Gasteiger partial charge in [0.15, 0.2) is 12.0 Å². The van der Waals surface area contributed by atoms with E-state index in [9.17, 15) is 19.7 Å². The molecular weight excluding hydrogens is 417 g/mol. The average molecular weight is 445 g/mol. The molecule has 2 aliphatic heterocycles. The van der Waals surface area contributed by atoms with Gasteiger partial charge in [-0.3, -0.25) is 0 Å². The first kappa shape index (κ1) is 22.7. The first-order valence-electron chi connectivity index (χ1n) is 10.7. The topological polar surface area (TPSA) is 101 Å². The van der Waals surface area contributed by atoms with Gasteiger partial charge in [0, 0.05) is 18.9 Å². The van der Waals surface area contributed by atoms with E-state index in [1.54, 1.807) is 13.0 Å². The highest BCUT2D eigenvalue weighted by Crippen LogP contribution is 2.45. The predicted molar refractivity (Wildman–Crippen MR) is 115 cm³/mol. The fourth-order valence-electron chi connectivity index (χ4n) is 4.23. The van der Waals surface area contributed by atoms with Gasteiger partial charge in [-0.15, -0.1) is 0 Å². The molecule has 0 spiro atoms. The molecule has 5 atom stereocenters. The number of aliphatic hydroxyl groups is 3. The van der Waals surface area contributed by atoms with Gasteiger partial charge in [-0.05, 0) is 49.2 Å². The van der Waals surface area contributed by atoms with Gasteiger partial charge in [0.25, 0.3) is 0 Å². The SMILES string of the molecule is CC1=NC2(c3ccc(F)c(Cc4ccc(OC(C)C)cc4)c3)O[C@H](CO)[C@@H](O)[C@H](O)C2O1. The minimum Gasteiger partial charge on any atom is -0.491 e. The van der Waals surface area contributed by atoms with Gasteiger partial charge < -0.3 is 29.5 Å². The molecule has 0 amide bonds. The van der Waals surface area contributed by atoms with Crippen molar-refractivity contribution in [3.05, 3.63) is 65.0 Å². The lowest BCUT2D eigenvalue weighted by Crippen LogP contribution is -2.61. The van der Waals surface area contributed by atoms with Gasteiger partial charge in [-0.1, -0.05) is 18.2 Å². The summed E-state index contributed by atoms with van der Waals surface area (Å²) in [5, 5.41) is 30.5. The maximum atomic E-state index is 14.7. The Bertz CT molecular complexity index is 994. The number of hydrogen-bond acceptors (Lipinski definition) is 7. The molecule has 7 nitrogen and oxygen atoms in total. The number of nitrogens with zero attached hydrogens (tertiary/aromatic N) is 1. The molecule has 0 bridgehead atoms. The van der Waals surface area contributed by atoms with Crippen molar-refractivity contribution in [1.82, 2.24) is 0 Å². The van der Waals surface area contributed by atoms with Crippen LogP contribution in [0.3, 0.4) is 0 Å². The van der Waals surface area contributed by atoms with Crippen molar-refractivity contribution in [3.63, 3.8) is 0 Å². The second-order valence-corrected chi connectivity index (χ2v) is 8.48. The Labute approximate surface area is 186 Å². The van der Waals surface area contributed by atoms with Crippen LogP contribution >= 0.6 is 0 Å². The second-order valence-electron chi connectivity index (χ2n) is 8.48. The fraction of sp³-hybridized carbons (Fsp3) is 0.458. The van der Waals surface area contributed by atoms with Crippen LogP contribution in [0.5, 0.6) is 5.75 Å². The van der Waals surface area contributed by atoms with Crippen molar-refractivity contribution >= 4 is 5.90 Å². The number of halogens is 1. The summed E-state index contributed by atoms with van der Waals surface area (Å²) in [6.45, 7) is 4.99. The van der Waals surface area contributed by atoms with E-state index in [1.807, 2.05) is 38.1 Å². The summed E-state index contributed by atoms with van der Waals surface area (Å²) in [5.74, 6) is 0.621. The summed E-state index contributed by atoms with van der Waals surface area (Å²) in [4.78, 5) is 4.46. The molecule has 2 aromatic carbocycles. The Hall–Kier alpha value is -2.52. The summed E-state index contributed by atoms with van der Waals surface area (Å²) >= 11 is 0. The van der Waals surface area contributed by atoms with Gasteiger partial charge in [0.1, 0.15) is 29.9 Å². The average Bonchev–Trinajstić information content (AvgIpc) is 3.10. The van der Waals surface area contributed by atoms with Crippen molar-refractivity contribution in [2.24, 2.45) is 4.99 Å². The van der Waals surface area contributed by atoms with E-state index < -0.39 is 36.7 Å². The zero-order valence-corrected chi connectivity index (χ0v) is 18.2. The van der Waals surface area contributed by atoms with Crippen molar-refractivity contribution < 1.29 is 33.9 Å².